The van der Waals surface area contributed by atoms with Gasteiger partial charge in [-0.1, -0.05) is 42.8 Å². The highest BCUT2D eigenvalue weighted by Gasteiger charge is 2.50. The van der Waals surface area contributed by atoms with Crippen LogP contribution in [0.3, 0.4) is 0 Å². The second kappa shape index (κ2) is 5.53. The van der Waals surface area contributed by atoms with Gasteiger partial charge in [0.2, 0.25) is 0 Å². The van der Waals surface area contributed by atoms with Crippen LogP contribution in [0.25, 0.3) is 0 Å². The molecule has 2 fully saturated rings. The summed E-state index contributed by atoms with van der Waals surface area (Å²) in [6.07, 6.45) is 13.4. The molecule has 0 heterocycles. The Balaban J connectivity index is 1.73. The monoisotopic (exact) mass is 254 g/mol. The summed E-state index contributed by atoms with van der Waals surface area (Å²) in [5, 5.41) is 0. The molecule has 1 aromatic rings. The van der Waals surface area contributed by atoms with Gasteiger partial charge in [0.15, 0.2) is 0 Å². The van der Waals surface area contributed by atoms with Crippen molar-refractivity contribution in [1.29, 1.82) is 0 Å². The summed E-state index contributed by atoms with van der Waals surface area (Å²) in [7, 11) is 0. The fraction of sp³-hybridized carbons (Fsp3) is 0.579. The Kier molecular flexibility index (Phi) is 3.77. The number of allylic oxidation sites excluding steroid dienone is 1. The molecule has 2 saturated carbocycles. The average molecular weight is 254 g/mol. The third-order valence-corrected chi connectivity index (χ3v) is 5.86. The first-order valence-electron chi connectivity index (χ1n) is 8.00. The summed E-state index contributed by atoms with van der Waals surface area (Å²) in [5.74, 6) is 1.93. The molecular weight excluding hydrogens is 228 g/mol. The summed E-state index contributed by atoms with van der Waals surface area (Å²) >= 11 is 0. The minimum absolute atomic E-state index is 0.657. The lowest BCUT2D eigenvalue weighted by atomic mass is 9.69. The smallest absolute Gasteiger partial charge is 0.0235 e. The molecule has 1 aromatic carbocycles. The quantitative estimate of drug-likeness (QED) is 0.618. The molecule has 0 aliphatic heterocycles. The van der Waals surface area contributed by atoms with Crippen LogP contribution in [0.2, 0.25) is 0 Å². The van der Waals surface area contributed by atoms with Crippen LogP contribution >= 0.6 is 0 Å². The van der Waals surface area contributed by atoms with Gasteiger partial charge in [-0.3, -0.25) is 0 Å². The van der Waals surface area contributed by atoms with Crippen molar-refractivity contribution in [1.82, 2.24) is 0 Å². The Morgan fingerprint density at radius 1 is 1.16 bits per heavy atom. The Hall–Kier alpha value is -1.04. The Morgan fingerprint density at radius 3 is 2.79 bits per heavy atom. The van der Waals surface area contributed by atoms with Gasteiger partial charge in [0.1, 0.15) is 0 Å². The van der Waals surface area contributed by atoms with E-state index in [4.69, 9.17) is 0 Å². The van der Waals surface area contributed by atoms with Crippen LogP contribution < -0.4 is 0 Å². The highest BCUT2D eigenvalue weighted by molar-refractivity contribution is 5.16. The standard InChI is InChI=1S/C19H26/c1-2-7-17-11-12-18-10-6-14-19(17,18)15-13-16-8-4-3-5-9-16/h2-5,8-9,17-18H,1,6-7,10-15H2. The van der Waals surface area contributed by atoms with Crippen molar-refractivity contribution in [3.8, 4) is 0 Å². The zero-order chi connectivity index (χ0) is 13.1. The molecule has 0 N–H and O–H groups in total. The third-order valence-electron chi connectivity index (χ3n) is 5.86. The lowest BCUT2D eigenvalue weighted by Gasteiger charge is -2.36. The molecule has 2 aliphatic carbocycles. The van der Waals surface area contributed by atoms with Crippen LogP contribution in [0.15, 0.2) is 43.0 Å². The van der Waals surface area contributed by atoms with Gasteiger partial charge in [0.25, 0.3) is 0 Å². The Bertz CT molecular complexity index is 419. The lowest BCUT2D eigenvalue weighted by molar-refractivity contribution is 0.148. The second-order valence-electron chi connectivity index (χ2n) is 6.61. The number of aryl methyl sites for hydroxylation is 1. The minimum atomic E-state index is 0.657. The van der Waals surface area contributed by atoms with E-state index in [-0.39, 0.29) is 0 Å². The topological polar surface area (TPSA) is 0 Å². The normalized spacial score (nSPS) is 33.3. The van der Waals surface area contributed by atoms with Crippen molar-refractivity contribution >= 4 is 0 Å². The fourth-order valence-corrected chi connectivity index (χ4v) is 4.94. The molecule has 3 atom stereocenters. The summed E-state index contributed by atoms with van der Waals surface area (Å²) in [6, 6.07) is 11.1. The average Bonchev–Trinajstić information content (AvgIpc) is 2.99. The van der Waals surface area contributed by atoms with Crippen molar-refractivity contribution in [2.45, 2.75) is 51.4 Å². The van der Waals surface area contributed by atoms with Gasteiger partial charge in [-0.2, -0.15) is 0 Å². The van der Waals surface area contributed by atoms with Gasteiger partial charge in [-0.15, -0.1) is 6.58 Å². The molecular formula is C19H26. The van der Waals surface area contributed by atoms with E-state index in [9.17, 15) is 0 Å². The molecule has 2 aliphatic rings. The number of hydrogen-bond acceptors (Lipinski definition) is 0. The van der Waals surface area contributed by atoms with Crippen LogP contribution in [0, 0.1) is 17.3 Å². The molecule has 0 nitrogen and oxygen atoms in total. The molecule has 102 valence electrons. The molecule has 0 heteroatoms. The highest BCUT2D eigenvalue weighted by atomic mass is 14.6. The first-order valence-corrected chi connectivity index (χ1v) is 8.00. The van der Waals surface area contributed by atoms with E-state index in [2.05, 4.69) is 43.0 Å². The highest BCUT2D eigenvalue weighted by Crippen LogP contribution is 2.60. The van der Waals surface area contributed by atoms with E-state index < -0.39 is 0 Å². The van der Waals surface area contributed by atoms with E-state index in [1.165, 1.54) is 56.9 Å². The fourth-order valence-electron chi connectivity index (χ4n) is 4.94. The number of benzene rings is 1. The van der Waals surface area contributed by atoms with E-state index >= 15 is 0 Å². The van der Waals surface area contributed by atoms with Crippen LogP contribution in [-0.4, -0.2) is 0 Å². The van der Waals surface area contributed by atoms with Gasteiger partial charge >= 0.3 is 0 Å². The molecule has 19 heavy (non-hydrogen) atoms. The molecule has 0 aromatic heterocycles. The van der Waals surface area contributed by atoms with Crippen LogP contribution in [-0.2, 0) is 6.42 Å². The number of hydrogen-bond donors (Lipinski definition) is 0. The predicted octanol–water partition coefficient (Wildman–Crippen LogP) is 5.39. The van der Waals surface area contributed by atoms with E-state index in [1.807, 2.05) is 0 Å². The SMILES string of the molecule is C=CCC1CCC2CCCC12CCc1ccccc1. The number of fused-ring (bicyclic) bond motifs is 1. The molecule has 0 bridgehead atoms. The summed E-state index contributed by atoms with van der Waals surface area (Å²) in [4.78, 5) is 0. The number of rotatable bonds is 5. The van der Waals surface area contributed by atoms with Crippen LogP contribution in [0.1, 0.15) is 50.5 Å². The molecule has 3 unspecified atom stereocenters. The Morgan fingerprint density at radius 2 is 2.00 bits per heavy atom. The molecule has 0 spiro atoms. The van der Waals surface area contributed by atoms with Crippen molar-refractivity contribution in [2.75, 3.05) is 0 Å². The summed E-state index contributed by atoms with van der Waals surface area (Å²) in [6.45, 7) is 3.99. The maximum absolute atomic E-state index is 3.99. The van der Waals surface area contributed by atoms with E-state index in [0.717, 1.165) is 11.8 Å². The first kappa shape index (κ1) is 13.0. The zero-order valence-electron chi connectivity index (χ0n) is 12.0. The van der Waals surface area contributed by atoms with Gasteiger partial charge in [0.05, 0.1) is 0 Å². The zero-order valence-corrected chi connectivity index (χ0v) is 12.0. The van der Waals surface area contributed by atoms with Crippen LogP contribution in [0.5, 0.6) is 0 Å². The first-order chi connectivity index (χ1) is 9.35. The van der Waals surface area contributed by atoms with Gasteiger partial charge in [-0.05, 0) is 67.8 Å². The maximum Gasteiger partial charge on any atom is -0.0235 e. The van der Waals surface area contributed by atoms with Crippen molar-refractivity contribution in [2.24, 2.45) is 17.3 Å². The minimum Gasteiger partial charge on any atom is -0.103 e. The van der Waals surface area contributed by atoms with E-state index in [1.54, 1.807) is 0 Å². The Labute approximate surface area is 117 Å². The van der Waals surface area contributed by atoms with Gasteiger partial charge < -0.3 is 0 Å². The van der Waals surface area contributed by atoms with Crippen molar-refractivity contribution < 1.29 is 0 Å². The van der Waals surface area contributed by atoms with Crippen LogP contribution in [0.4, 0.5) is 0 Å². The third kappa shape index (κ3) is 2.38. The van der Waals surface area contributed by atoms with E-state index in [0.29, 0.717) is 5.41 Å². The van der Waals surface area contributed by atoms with Gasteiger partial charge in [0, 0.05) is 0 Å². The van der Waals surface area contributed by atoms with Crippen molar-refractivity contribution in [3.05, 3.63) is 48.6 Å². The molecule has 0 radical (unpaired) electrons. The maximum atomic E-state index is 3.99. The largest absolute Gasteiger partial charge is 0.103 e. The molecule has 3 rings (SSSR count). The predicted molar refractivity (Wildman–Crippen MR) is 82.1 cm³/mol. The lowest BCUT2D eigenvalue weighted by Crippen LogP contribution is -2.28. The van der Waals surface area contributed by atoms with Crippen molar-refractivity contribution in [3.63, 3.8) is 0 Å². The summed E-state index contributed by atoms with van der Waals surface area (Å²) < 4.78 is 0. The molecule has 0 amide bonds. The molecule has 0 saturated heterocycles. The second-order valence-corrected chi connectivity index (χ2v) is 6.61. The van der Waals surface area contributed by atoms with Gasteiger partial charge in [-0.25, -0.2) is 0 Å². The summed E-state index contributed by atoms with van der Waals surface area (Å²) in [5.41, 5.74) is 2.18.